The van der Waals surface area contributed by atoms with Gasteiger partial charge in [-0.1, -0.05) is 6.58 Å². The third-order valence-corrected chi connectivity index (χ3v) is 2.35. The lowest BCUT2D eigenvalue weighted by Gasteiger charge is -2.03. The molecule has 0 heterocycles. The first kappa shape index (κ1) is 4.57. The van der Waals surface area contributed by atoms with Crippen molar-refractivity contribution in [3.05, 3.63) is 12.2 Å². The monoisotopic (exact) mass is 110 g/mol. The van der Waals surface area contributed by atoms with Gasteiger partial charge in [-0.25, -0.2) is 0 Å². The van der Waals surface area contributed by atoms with Gasteiger partial charge in [0.25, 0.3) is 0 Å². The van der Waals surface area contributed by atoms with Crippen LogP contribution in [0.5, 0.6) is 0 Å². The van der Waals surface area contributed by atoms with Crippen LogP contribution in [-0.4, -0.2) is 11.2 Å². The lowest BCUT2D eigenvalue weighted by atomic mass is 10.1. The summed E-state index contributed by atoms with van der Waals surface area (Å²) < 4.78 is 0. The molecule has 8 heavy (non-hydrogen) atoms. The third-order valence-electron chi connectivity index (χ3n) is 2.35. The maximum atomic E-state index is 9.10. The second kappa shape index (κ2) is 1.16. The van der Waals surface area contributed by atoms with Crippen LogP contribution in [0.15, 0.2) is 12.2 Å². The number of rotatable bonds is 0. The van der Waals surface area contributed by atoms with E-state index in [4.69, 9.17) is 5.11 Å². The Balaban J connectivity index is 2.19. The van der Waals surface area contributed by atoms with E-state index < -0.39 is 0 Å². The van der Waals surface area contributed by atoms with Crippen molar-refractivity contribution in [3.8, 4) is 0 Å². The topological polar surface area (TPSA) is 20.2 Å². The van der Waals surface area contributed by atoms with Crippen LogP contribution >= 0.6 is 0 Å². The molecule has 44 valence electrons. The number of aliphatic hydroxyl groups is 1. The first-order chi connectivity index (χ1) is 3.79. The average Bonchev–Trinajstić information content (AvgIpc) is 2.39. The SMILES string of the molecule is C=C1C(O)CC2CC12. The fraction of sp³-hybridized carbons (Fsp3) is 0.714. The van der Waals surface area contributed by atoms with Gasteiger partial charge in [0.15, 0.2) is 0 Å². The van der Waals surface area contributed by atoms with Crippen molar-refractivity contribution in [1.82, 2.24) is 0 Å². The smallest absolute Gasteiger partial charge is 0.0753 e. The van der Waals surface area contributed by atoms with Crippen LogP contribution in [0.2, 0.25) is 0 Å². The Morgan fingerprint density at radius 1 is 1.50 bits per heavy atom. The molecule has 2 aliphatic rings. The molecule has 2 aliphatic carbocycles. The molecular weight excluding hydrogens is 100 g/mol. The summed E-state index contributed by atoms with van der Waals surface area (Å²) in [6, 6.07) is 0. The van der Waals surface area contributed by atoms with Crippen molar-refractivity contribution in [2.45, 2.75) is 18.9 Å². The predicted molar refractivity (Wildman–Crippen MR) is 31.4 cm³/mol. The number of fused-ring (bicyclic) bond motifs is 1. The maximum Gasteiger partial charge on any atom is 0.0753 e. The van der Waals surface area contributed by atoms with E-state index in [0.717, 1.165) is 17.9 Å². The van der Waals surface area contributed by atoms with Crippen LogP contribution < -0.4 is 0 Å². The predicted octanol–water partition coefficient (Wildman–Crippen LogP) is 0.943. The molecule has 0 aromatic heterocycles. The maximum absolute atomic E-state index is 9.10. The number of hydrogen-bond acceptors (Lipinski definition) is 1. The Kier molecular flexibility index (Phi) is 0.662. The lowest BCUT2D eigenvalue weighted by Crippen LogP contribution is -2.04. The molecule has 2 rings (SSSR count). The van der Waals surface area contributed by atoms with Crippen molar-refractivity contribution < 1.29 is 5.11 Å². The minimum Gasteiger partial charge on any atom is -0.389 e. The van der Waals surface area contributed by atoms with E-state index in [-0.39, 0.29) is 6.10 Å². The van der Waals surface area contributed by atoms with Gasteiger partial charge in [0.1, 0.15) is 0 Å². The zero-order valence-electron chi connectivity index (χ0n) is 4.80. The molecule has 1 N–H and O–H groups in total. The molecule has 0 aliphatic heterocycles. The molecule has 0 bridgehead atoms. The van der Waals surface area contributed by atoms with E-state index in [0.29, 0.717) is 5.92 Å². The molecule has 0 amide bonds. The van der Waals surface area contributed by atoms with E-state index >= 15 is 0 Å². The molecule has 0 spiro atoms. The standard InChI is InChI=1S/C7H10O/c1-4-6-2-5(6)3-7(4)8/h5-8H,1-3H2. The third kappa shape index (κ3) is 0.402. The summed E-state index contributed by atoms with van der Waals surface area (Å²) in [5, 5.41) is 9.10. The Labute approximate surface area is 49.0 Å². The fourth-order valence-corrected chi connectivity index (χ4v) is 1.65. The Hall–Kier alpha value is -0.300. The summed E-state index contributed by atoms with van der Waals surface area (Å²) >= 11 is 0. The highest BCUT2D eigenvalue weighted by Crippen LogP contribution is 2.54. The minimum absolute atomic E-state index is 0.154. The van der Waals surface area contributed by atoms with Crippen molar-refractivity contribution in [2.75, 3.05) is 0 Å². The molecule has 2 fully saturated rings. The van der Waals surface area contributed by atoms with Gasteiger partial charge in [-0.15, -0.1) is 0 Å². The van der Waals surface area contributed by atoms with Gasteiger partial charge in [0, 0.05) is 0 Å². The highest BCUT2D eigenvalue weighted by Gasteiger charge is 2.48. The molecule has 3 atom stereocenters. The van der Waals surface area contributed by atoms with E-state index in [1.165, 1.54) is 6.42 Å². The Morgan fingerprint density at radius 3 is 2.50 bits per heavy atom. The van der Waals surface area contributed by atoms with Crippen LogP contribution in [0, 0.1) is 11.8 Å². The molecule has 0 saturated heterocycles. The molecule has 0 aromatic rings. The summed E-state index contributed by atoms with van der Waals surface area (Å²) in [7, 11) is 0. The fourth-order valence-electron chi connectivity index (χ4n) is 1.65. The van der Waals surface area contributed by atoms with Gasteiger partial charge >= 0.3 is 0 Å². The van der Waals surface area contributed by atoms with Gasteiger partial charge in [-0.2, -0.15) is 0 Å². The highest BCUT2D eigenvalue weighted by atomic mass is 16.3. The Bertz CT molecular complexity index is 135. The minimum atomic E-state index is -0.154. The average molecular weight is 110 g/mol. The van der Waals surface area contributed by atoms with Gasteiger partial charge in [-0.05, 0) is 30.3 Å². The van der Waals surface area contributed by atoms with Crippen LogP contribution in [0.25, 0.3) is 0 Å². The van der Waals surface area contributed by atoms with Crippen molar-refractivity contribution in [3.63, 3.8) is 0 Å². The summed E-state index contributed by atoms with van der Waals surface area (Å²) in [5.41, 5.74) is 1.09. The quantitative estimate of drug-likeness (QED) is 0.460. The first-order valence-electron chi connectivity index (χ1n) is 3.16. The largest absolute Gasteiger partial charge is 0.389 e. The normalized spacial score (nSPS) is 51.6. The van der Waals surface area contributed by atoms with Gasteiger partial charge < -0.3 is 5.11 Å². The van der Waals surface area contributed by atoms with E-state index in [1.54, 1.807) is 0 Å². The first-order valence-corrected chi connectivity index (χ1v) is 3.16. The Morgan fingerprint density at radius 2 is 2.25 bits per heavy atom. The van der Waals surface area contributed by atoms with Crippen molar-refractivity contribution in [1.29, 1.82) is 0 Å². The summed E-state index contributed by atoms with van der Waals surface area (Å²) in [4.78, 5) is 0. The van der Waals surface area contributed by atoms with Gasteiger partial charge in [-0.3, -0.25) is 0 Å². The number of aliphatic hydroxyl groups excluding tert-OH is 1. The zero-order valence-corrected chi connectivity index (χ0v) is 4.80. The van der Waals surface area contributed by atoms with E-state index in [1.807, 2.05) is 0 Å². The lowest BCUT2D eigenvalue weighted by molar-refractivity contribution is 0.207. The molecule has 0 aromatic carbocycles. The molecule has 0 radical (unpaired) electrons. The van der Waals surface area contributed by atoms with Crippen LogP contribution in [0.1, 0.15) is 12.8 Å². The highest BCUT2D eigenvalue weighted by molar-refractivity contribution is 5.23. The van der Waals surface area contributed by atoms with Crippen LogP contribution in [-0.2, 0) is 0 Å². The zero-order chi connectivity index (χ0) is 5.72. The molecule has 1 heteroatoms. The molecular formula is C7H10O. The molecule has 1 nitrogen and oxygen atoms in total. The van der Waals surface area contributed by atoms with Crippen molar-refractivity contribution >= 4 is 0 Å². The summed E-state index contributed by atoms with van der Waals surface area (Å²) in [6.07, 6.45) is 2.14. The van der Waals surface area contributed by atoms with Crippen LogP contribution in [0.3, 0.4) is 0 Å². The van der Waals surface area contributed by atoms with Gasteiger partial charge in [0.2, 0.25) is 0 Å². The van der Waals surface area contributed by atoms with E-state index in [2.05, 4.69) is 6.58 Å². The van der Waals surface area contributed by atoms with Crippen molar-refractivity contribution in [2.24, 2.45) is 11.8 Å². The van der Waals surface area contributed by atoms with E-state index in [9.17, 15) is 0 Å². The second-order valence-corrected chi connectivity index (χ2v) is 2.93. The second-order valence-electron chi connectivity index (χ2n) is 2.93. The number of hydrogen-bond donors (Lipinski definition) is 1. The van der Waals surface area contributed by atoms with Crippen LogP contribution in [0.4, 0.5) is 0 Å². The summed E-state index contributed by atoms with van der Waals surface area (Å²) in [6.45, 7) is 3.81. The molecule has 3 unspecified atom stereocenters. The molecule has 2 saturated carbocycles. The van der Waals surface area contributed by atoms with Gasteiger partial charge in [0.05, 0.1) is 6.10 Å². The summed E-state index contributed by atoms with van der Waals surface area (Å²) in [5.74, 6) is 1.53.